The SMILES string of the molecule is CCOP(=O)(OCC)C(O)C(C)(F)F. The number of aliphatic hydroxyl groups is 1. The maximum atomic E-state index is 12.7. The van der Waals surface area contributed by atoms with Gasteiger partial charge in [-0.15, -0.1) is 0 Å². The normalized spacial score (nSPS) is 15.6. The van der Waals surface area contributed by atoms with Crippen molar-refractivity contribution in [2.75, 3.05) is 13.2 Å². The molecule has 0 saturated heterocycles. The Bertz CT molecular complexity index is 206. The summed E-state index contributed by atoms with van der Waals surface area (Å²) < 4.78 is 46.1. The van der Waals surface area contributed by atoms with E-state index in [1.54, 1.807) is 0 Å². The molecule has 0 aliphatic heterocycles. The average Bonchev–Trinajstić information content (AvgIpc) is 2.02. The molecule has 0 rings (SSSR count). The lowest BCUT2D eigenvalue weighted by atomic mass is 10.4. The molecule has 4 nitrogen and oxygen atoms in total. The molecular weight excluding hydrogens is 217 g/mol. The topological polar surface area (TPSA) is 55.8 Å². The largest absolute Gasteiger partial charge is 0.376 e. The zero-order valence-corrected chi connectivity index (χ0v) is 9.26. The van der Waals surface area contributed by atoms with E-state index in [0.29, 0.717) is 6.92 Å². The van der Waals surface area contributed by atoms with Crippen molar-refractivity contribution in [1.29, 1.82) is 0 Å². The summed E-state index contributed by atoms with van der Waals surface area (Å²) >= 11 is 0. The minimum atomic E-state index is -4.13. The van der Waals surface area contributed by atoms with Gasteiger partial charge in [-0.2, -0.15) is 0 Å². The molecule has 0 aromatic rings. The van der Waals surface area contributed by atoms with Crippen molar-refractivity contribution in [2.24, 2.45) is 0 Å². The summed E-state index contributed by atoms with van der Waals surface area (Å²) in [6.07, 6.45) is 0. The fourth-order valence-corrected chi connectivity index (χ4v) is 2.45. The molecule has 1 unspecified atom stereocenters. The monoisotopic (exact) mass is 232 g/mol. The van der Waals surface area contributed by atoms with E-state index in [9.17, 15) is 13.3 Å². The Labute approximate surface area is 81.7 Å². The number of alkyl halides is 2. The first kappa shape index (κ1) is 14.0. The van der Waals surface area contributed by atoms with Gasteiger partial charge in [-0.05, 0) is 13.8 Å². The van der Waals surface area contributed by atoms with E-state index in [1.807, 2.05) is 0 Å². The molecule has 0 fully saturated rings. The lowest BCUT2D eigenvalue weighted by molar-refractivity contribution is -0.0676. The average molecular weight is 232 g/mol. The van der Waals surface area contributed by atoms with Gasteiger partial charge < -0.3 is 14.2 Å². The van der Waals surface area contributed by atoms with E-state index in [4.69, 9.17) is 5.11 Å². The van der Waals surface area contributed by atoms with Crippen LogP contribution in [0.5, 0.6) is 0 Å². The van der Waals surface area contributed by atoms with E-state index in [-0.39, 0.29) is 13.2 Å². The fraction of sp³-hybridized carbons (Fsp3) is 1.00. The molecule has 1 N–H and O–H groups in total. The smallest absolute Gasteiger partial charge is 0.365 e. The first-order valence-electron chi connectivity index (χ1n) is 4.22. The number of rotatable bonds is 6. The quantitative estimate of drug-likeness (QED) is 0.713. The third-order valence-electron chi connectivity index (χ3n) is 1.37. The molecule has 0 aliphatic carbocycles. The maximum absolute atomic E-state index is 12.7. The highest BCUT2D eigenvalue weighted by Crippen LogP contribution is 2.56. The molecule has 0 spiro atoms. The van der Waals surface area contributed by atoms with E-state index < -0.39 is 19.4 Å². The first-order valence-corrected chi connectivity index (χ1v) is 5.83. The zero-order valence-electron chi connectivity index (χ0n) is 8.37. The minimum Gasteiger partial charge on any atom is -0.376 e. The van der Waals surface area contributed by atoms with Gasteiger partial charge in [0.1, 0.15) is 0 Å². The number of hydrogen-bond acceptors (Lipinski definition) is 4. The van der Waals surface area contributed by atoms with Crippen LogP contribution >= 0.6 is 7.60 Å². The van der Waals surface area contributed by atoms with Gasteiger partial charge in [-0.3, -0.25) is 4.57 Å². The molecule has 0 heterocycles. The van der Waals surface area contributed by atoms with Crippen molar-refractivity contribution in [3.63, 3.8) is 0 Å². The molecule has 86 valence electrons. The number of hydrogen-bond donors (Lipinski definition) is 1. The van der Waals surface area contributed by atoms with Crippen LogP contribution in [-0.2, 0) is 13.6 Å². The van der Waals surface area contributed by atoms with Crippen LogP contribution in [0.25, 0.3) is 0 Å². The third kappa shape index (κ3) is 3.61. The van der Waals surface area contributed by atoms with E-state index >= 15 is 0 Å². The lowest BCUT2D eigenvalue weighted by Gasteiger charge is -2.25. The summed E-state index contributed by atoms with van der Waals surface area (Å²) in [5, 5.41) is 9.10. The predicted octanol–water partition coefficient (Wildman–Crippen LogP) is 2.23. The van der Waals surface area contributed by atoms with Crippen molar-refractivity contribution in [1.82, 2.24) is 0 Å². The van der Waals surface area contributed by atoms with E-state index in [0.717, 1.165) is 0 Å². The molecular formula is C7H15F2O4P. The molecule has 0 amide bonds. The molecule has 7 heteroatoms. The van der Waals surface area contributed by atoms with Crippen LogP contribution < -0.4 is 0 Å². The lowest BCUT2D eigenvalue weighted by Crippen LogP contribution is -2.31. The fourth-order valence-electron chi connectivity index (χ4n) is 0.816. The van der Waals surface area contributed by atoms with Crippen LogP contribution in [0.4, 0.5) is 8.78 Å². The minimum absolute atomic E-state index is 0.0651. The summed E-state index contributed by atoms with van der Waals surface area (Å²) in [6, 6.07) is 0. The Morgan fingerprint density at radius 2 is 1.71 bits per heavy atom. The van der Waals surface area contributed by atoms with Crippen molar-refractivity contribution in [2.45, 2.75) is 32.5 Å². The van der Waals surface area contributed by atoms with Crippen molar-refractivity contribution in [3.8, 4) is 0 Å². The predicted molar refractivity (Wildman–Crippen MR) is 47.5 cm³/mol. The molecule has 0 aromatic carbocycles. The molecule has 0 aromatic heterocycles. The van der Waals surface area contributed by atoms with Crippen LogP contribution in [0, 0.1) is 0 Å². The van der Waals surface area contributed by atoms with Gasteiger partial charge in [0.15, 0.2) is 0 Å². The Morgan fingerprint density at radius 1 is 1.36 bits per heavy atom. The molecule has 0 aliphatic rings. The zero-order chi connectivity index (χ0) is 11.4. The van der Waals surface area contributed by atoms with Crippen molar-refractivity contribution >= 4 is 7.60 Å². The molecule has 0 saturated carbocycles. The Kier molecular flexibility index (Phi) is 5.15. The van der Waals surface area contributed by atoms with Gasteiger partial charge in [0.05, 0.1) is 13.2 Å². The summed E-state index contributed by atoms with van der Waals surface area (Å²) in [6.45, 7) is 3.29. The first-order chi connectivity index (χ1) is 6.28. The van der Waals surface area contributed by atoms with Crippen LogP contribution in [0.3, 0.4) is 0 Å². The Morgan fingerprint density at radius 3 is 1.93 bits per heavy atom. The van der Waals surface area contributed by atoms with Gasteiger partial charge in [0.2, 0.25) is 5.85 Å². The van der Waals surface area contributed by atoms with Crippen LogP contribution in [0.15, 0.2) is 0 Å². The van der Waals surface area contributed by atoms with Crippen molar-refractivity contribution < 1.29 is 27.5 Å². The second-order valence-corrected chi connectivity index (χ2v) is 4.79. The standard InChI is InChI=1S/C7H15F2O4P/c1-4-12-14(11,13-5-2)6(10)7(3,8)9/h6,10H,4-5H2,1-3H3. The van der Waals surface area contributed by atoms with E-state index in [2.05, 4.69) is 9.05 Å². The van der Waals surface area contributed by atoms with Gasteiger partial charge in [-0.1, -0.05) is 0 Å². The summed E-state index contributed by atoms with van der Waals surface area (Å²) in [5.41, 5.74) is 0. The third-order valence-corrected chi connectivity index (χ3v) is 3.66. The summed E-state index contributed by atoms with van der Waals surface area (Å²) in [5.74, 6) is -5.94. The van der Waals surface area contributed by atoms with Gasteiger partial charge in [-0.25, -0.2) is 8.78 Å². The number of halogens is 2. The summed E-state index contributed by atoms with van der Waals surface area (Å²) in [7, 11) is -4.13. The van der Waals surface area contributed by atoms with E-state index in [1.165, 1.54) is 13.8 Å². The highest BCUT2D eigenvalue weighted by molar-refractivity contribution is 7.54. The van der Waals surface area contributed by atoms with Gasteiger partial charge in [0, 0.05) is 6.92 Å². The van der Waals surface area contributed by atoms with Crippen molar-refractivity contribution in [3.05, 3.63) is 0 Å². The second kappa shape index (κ2) is 5.16. The highest BCUT2D eigenvalue weighted by atomic mass is 31.2. The molecule has 0 radical (unpaired) electrons. The maximum Gasteiger partial charge on any atom is 0.365 e. The Balaban J connectivity index is 4.73. The van der Waals surface area contributed by atoms with Crippen LogP contribution in [-0.4, -0.2) is 30.1 Å². The molecule has 0 bridgehead atoms. The Hall–Kier alpha value is -0.0300. The highest BCUT2D eigenvalue weighted by Gasteiger charge is 2.48. The van der Waals surface area contributed by atoms with Crippen LogP contribution in [0.1, 0.15) is 20.8 Å². The summed E-state index contributed by atoms with van der Waals surface area (Å²) in [4.78, 5) is 0. The van der Waals surface area contributed by atoms with Gasteiger partial charge >= 0.3 is 7.60 Å². The van der Waals surface area contributed by atoms with Crippen LogP contribution in [0.2, 0.25) is 0 Å². The molecule has 14 heavy (non-hydrogen) atoms. The number of aliphatic hydroxyl groups excluding tert-OH is 1. The van der Waals surface area contributed by atoms with Gasteiger partial charge in [0.25, 0.3) is 5.92 Å². The second-order valence-electron chi connectivity index (χ2n) is 2.71. The molecule has 1 atom stereocenters.